The Morgan fingerprint density at radius 2 is 1.93 bits per heavy atom. The molecule has 0 aromatic carbocycles. The number of ether oxygens (including phenoxy) is 3. The lowest BCUT2D eigenvalue weighted by atomic mass is 9.51. The van der Waals surface area contributed by atoms with Gasteiger partial charge in [-0.2, -0.15) is 0 Å². The van der Waals surface area contributed by atoms with E-state index in [1.807, 2.05) is 0 Å². The average molecular weight is 376 g/mol. The van der Waals surface area contributed by atoms with Gasteiger partial charge in [-0.15, -0.1) is 0 Å². The quantitative estimate of drug-likeness (QED) is 0.681. The van der Waals surface area contributed by atoms with E-state index in [1.54, 1.807) is 0 Å². The molecule has 5 aliphatic rings. The highest BCUT2D eigenvalue weighted by atomic mass is 16.8. The minimum Gasteiger partial charge on any atom is -0.435 e. The lowest BCUT2D eigenvalue weighted by Crippen LogP contribution is -2.51. The van der Waals surface area contributed by atoms with E-state index in [4.69, 9.17) is 14.2 Å². The molecule has 5 heteroatoms. The molecule has 2 aliphatic heterocycles. The first-order valence-corrected chi connectivity index (χ1v) is 10.7. The minimum atomic E-state index is -0.643. The molecule has 5 rings (SSSR count). The maximum Gasteiger partial charge on any atom is 0.308 e. The van der Waals surface area contributed by atoms with Crippen LogP contribution in [0.25, 0.3) is 0 Å². The Morgan fingerprint density at radius 1 is 1.15 bits per heavy atom. The summed E-state index contributed by atoms with van der Waals surface area (Å²) in [6.07, 6.45) is 6.82. The maximum atomic E-state index is 12.0. The zero-order valence-corrected chi connectivity index (χ0v) is 17.0. The first kappa shape index (κ1) is 18.0. The van der Waals surface area contributed by atoms with Gasteiger partial charge in [0.05, 0.1) is 6.42 Å². The minimum absolute atomic E-state index is 0.0732. The molecule has 0 N–H and O–H groups in total. The molecule has 3 aliphatic carbocycles. The van der Waals surface area contributed by atoms with Crippen LogP contribution in [-0.2, 0) is 23.8 Å². The van der Waals surface area contributed by atoms with E-state index in [1.165, 1.54) is 39.0 Å². The average Bonchev–Trinajstić information content (AvgIpc) is 3.23. The molecular weight excluding hydrogens is 344 g/mol. The van der Waals surface area contributed by atoms with Crippen LogP contribution in [0.1, 0.15) is 72.6 Å². The van der Waals surface area contributed by atoms with Crippen LogP contribution in [0, 0.1) is 39.9 Å². The van der Waals surface area contributed by atoms with E-state index in [9.17, 15) is 9.59 Å². The number of esters is 2. The molecule has 0 aromatic rings. The van der Waals surface area contributed by atoms with Crippen LogP contribution >= 0.6 is 0 Å². The smallest absolute Gasteiger partial charge is 0.308 e. The Kier molecular flexibility index (Phi) is 3.65. The fourth-order valence-electron chi connectivity index (χ4n) is 8.04. The summed E-state index contributed by atoms with van der Waals surface area (Å²) in [7, 11) is 0. The lowest BCUT2D eigenvalue weighted by Gasteiger charge is -2.54. The Balaban J connectivity index is 1.45. The van der Waals surface area contributed by atoms with E-state index in [0.717, 1.165) is 12.3 Å². The summed E-state index contributed by atoms with van der Waals surface area (Å²) in [5.74, 6) is 0.966. The number of carbonyl (C=O) groups is 2. The van der Waals surface area contributed by atoms with Gasteiger partial charge in [-0.05, 0) is 60.2 Å². The van der Waals surface area contributed by atoms with E-state index in [-0.39, 0.29) is 29.2 Å². The topological polar surface area (TPSA) is 61.8 Å². The van der Waals surface area contributed by atoms with Crippen molar-refractivity contribution in [2.75, 3.05) is 0 Å². The van der Waals surface area contributed by atoms with Crippen molar-refractivity contribution in [1.29, 1.82) is 0 Å². The number of hydrogen-bond donors (Lipinski definition) is 0. The highest BCUT2D eigenvalue weighted by Crippen LogP contribution is 2.79. The second-order valence-electron chi connectivity index (χ2n) is 10.8. The second-order valence-corrected chi connectivity index (χ2v) is 10.8. The van der Waals surface area contributed by atoms with Gasteiger partial charge < -0.3 is 14.2 Å². The van der Waals surface area contributed by atoms with E-state index < -0.39 is 12.6 Å². The predicted octanol–water partition coefficient (Wildman–Crippen LogP) is 4.04. The molecule has 0 aromatic heterocycles. The van der Waals surface area contributed by atoms with Crippen molar-refractivity contribution in [3.8, 4) is 0 Å². The van der Waals surface area contributed by atoms with Gasteiger partial charge in [-0.25, -0.2) is 0 Å². The Morgan fingerprint density at radius 3 is 2.67 bits per heavy atom. The van der Waals surface area contributed by atoms with Gasteiger partial charge in [0.2, 0.25) is 12.6 Å². The summed E-state index contributed by atoms with van der Waals surface area (Å²) in [5.41, 5.74) is 1.00. The van der Waals surface area contributed by atoms with Gasteiger partial charge in [0, 0.05) is 18.8 Å². The number of fused-ring (bicyclic) bond motifs is 2. The molecule has 5 fully saturated rings. The van der Waals surface area contributed by atoms with Crippen molar-refractivity contribution in [3.05, 3.63) is 0 Å². The molecule has 8 unspecified atom stereocenters. The summed E-state index contributed by atoms with van der Waals surface area (Å²) in [6, 6.07) is 0. The SMILES string of the molecule is CC(=O)OC1OC2OC(=O)CC1C2C1(C)CCC2C(C)(C)CCCC23CC13. The molecule has 5 nitrogen and oxygen atoms in total. The van der Waals surface area contributed by atoms with Crippen LogP contribution in [0.2, 0.25) is 0 Å². The first-order chi connectivity index (χ1) is 12.7. The van der Waals surface area contributed by atoms with Crippen LogP contribution in [-0.4, -0.2) is 24.5 Å². The molecule has 3 saturated carbocycles. The van der Waals surface area contributed by atoms with Crippen LogP contribution in [0.5, 0.6) is 0 Å². The molecule has 27 heavy (non-hydrogen) atoms. The highest BCUT2D eigenvalue weighted by molar-refractivity contribution is 5.71. The summed E-state index contributed by atoms with van der Waals surface area (Å²) < 4.78 is 17.0. The Bertz CT molecular complexity index is 686. The van der Waals surface area contributed by atoms with Crippen LogP contribution in [0.4, 0.5) is 0 Å². The zero-order chi connectivity index (χ0) is 19.2. The molecule has 150 valence electrons. The van der Waals surface area contributed by atoms with Gasteiger partial charge in [0.15, 0.2) is 0 Å². The van der Waals surface area contributed by atoms with Crippen LogP contribution < -0.4 is 0 Å². The van der Waals surface area contributed by atoms with Crippen molar-refractivity contribution < 1.29 is 23.8 Å². The van der Waals surface area contributed by atoms with Gasteiger partial charge in [-0.1, -0.05) is 27.2 Å². The summed E-state index contributed by atoms with van der Waals surface area (Å²) >= 11 is 0. The van der Waals surface area contributed by atoms with Gasteiger partial charge in [-0.3, -0.25) is 9.59 Å². The highest BCUT2D eigenvalue weighted by Gasteiger charge is 2.74. The number of hydrogen-bond acceptors (Lipinski definition) is 5. The molecular formula is C22H32O5. The van der Waals surface area contributed by atoms with E-state index in [0.29, 0.717) is 23.2 Å². The van der Waals surface area contributed by atoms with Crippen molar-refractivity contribution >= 4 is 11.9 Å². The van der Waals surface area contributed by atoms with Crippen LogP contribution in [0.15, 0.2) is 0 Å². The number of carbonyl (C=O) groups excluding carboxylic acids is 2. The third-order valence-corrected chi connectivity index (χ3v) is 9.05. The molecule has 0 radical (unpaired) electrons. The summed E-state index contributed by atoms with van der Waals surface area (Å²) in [6.45, 7) is 8.72. The van der Waals surface area contributed by atoms with Crippen molar-refractivity contribution in [2.24, 2.45) is 39.9 Å². The second kappa shape index (κ2) is 5.49. The third-order valence-electron chi connectivity index (χ3n) is 9.05. The molecule has 2 saturated heterocycles. The van der Waals surface area contributed by atoms with Crippen molar-refractivity contribution in [3.63, 3.8) is 0 Å². The standard InChI is InChI=1S/C22H32O5/c1-12(23)25-18-13-10-16(24)26-19(27-18)17(13)21(4)9-6-14-20(2,3)7-5-8-22(14)11-15(21)22/h13-15,17-19H,5-11H2,1-4H3. The van der Waals surface area contributed by atoms with Crippen molar-refractivity contribution in [2.45, 2.75) is 85.2 Å². The summed E-state index contributed by atoms with van der Waals surface area (Å²) in [4.78, 5) is 23.6. The Hall–Kier alpha value is -1.10. The van der Waals surface area contributed by atoms with Gasteiger partial charge in [0.25, 0.3) is 0 Å². The number of rotatable bonds is 2. The lowest BCUT2D eigenvalue weighted by molar-refractivity contribution is -0.215. The van der Waals surface area contributed by atoms with Crippen molar-refractivity contribution in [1.82, 2.24) is 0 Å². The van der Waals surface area contributed by atoms with E-state index in [2.05, 4.69) is 20.8 Å². The van der Waals surface area contributed by atoms with Gasteiger partial charge >= 0.3 is 11.9 Å². The molecule has 2 heterocycles. The first-order valence-electron chi connectivity index (χ1n) is 10.7. The molecule has 0 amide bonds. The van der Waals surface area contributed by atoms with E-state index >= 15 is 0 Å². The third kappa shape index (κ3) is 2.39. The monoisotopic (exact) mass is 376 g/mol. The zero-order valence-electron chi connectivity index (χ0n) is 17.0. The van der Waals surface area contributed by atoms with Gasteiger partial charge in [0.1, 0.15) is 0 Å². The molecule has 8 atom stereocenters. The normalized spacial score (nSPS) is 52.4. The fourth-order valence-corrected chi connectivity index (χ4v) is 8.04. The molecule has 2 bridgehead atoms. The largest absolute Gasteiger partial charge is 0.435 e. The maximum absolute atomic E-state index is 12.0. The predicted molar refractivity (Wildman–Crippen MR) is 97.1 cm³/mol. The Labute approximate surface area is 161 Å². The molecule has 1 spiro atoms. The fraction of sp³-hybridized carbons (Fsp3) is 0.909. The summed E-state index contributed by atoms with van der Waals surface area (Å²) in [5, 5.41) is 0. The van der Waals surface area contributed by atoms with Crippen LogP contribution in [0.3, 0.4) is 0 Å².